The summed E-state index contributed by atoms with van der Waals surface area (Å²) in [7, 11) is 9.18. The third-order valence-electron chi connectivity index (χ3n) is 0.369. The van der Waals surface area contributed by atoms with Crippen LogP contribution in [0.5, 0.6) is 0 Å². The zero-order chi connectivity index (χ0) is 5.86. The van der Waals surface area contributed by atoms with Crippen LogP contribution in [0, 0.1) is 0 Å². The topological polar surface area (TPSA) is 26.3 Å². The van der Waals surface area contributed by atoms with Crippen molar-refractivity contribution in [3.05, 3.63) is 12.1 Å². The van der Waals surface area contributed by atoms with E-state index in [1.165, 1.54) is 0 Å². The van der Waals surface area contributed by atoms with Crippen LogP contribution < -0.4 is 0 Å². The number of rotatable bonds is 1. The van der Waals surface area contributed by atoms with Gasteiger partial charge < -0.3 is 4.65 Å². The molecule has 0 spiro atoms. The smallest absolute Gasteiger partial charge is 0.378 e. The highest BCUT2D eigenvalue weighted by atomic mass is 16.5. The fraction of sp³-hybridized carbons (Fsp3) is 0. The zero-order valence-electron chi connectivity index (χ0n) is 3.68. The SMILES string of the molecule is [B]OC(=O)C([B])=C. The molecule has 0 rings (SSSR count). The molecule has 0 aromatic rings. The van der Waals surface area contributed by atoms with Crippen LogP contribution in [0.15, 0.2) is 12.1 Å². The van der Waals surface area contributed by atoms with Gasteiger partial charge in [0, 0.05) is 0 Å². The molecule has 0 aliphatic heterocycles. The summed E-state index contributed by atoms with van der Waals surface area (Å²) >= 11 is 0. The molecule has 0 saturated heterocycles. The number of hydrogen-bond acceptors (Lipinski definition) is 2. The van der Waals surface area contributed by atoms with Crippen molar-refractivity contribution in [2.24, 2.45) is 0 Å². The molecule has 0 aromatic heterocycles. The third-order valence-corrected chi connectivity index (χ3v) is 0.369. The minimum absolute atomic E-state index is 0.192. The van der Waals surface area contributed by atoms with E-state index in [0.717, 1.165) is 0 Å². The van der Waals surface area contributed by atoms with Crippen LogP contribution in [0.25, 0.3) is 0 Å². The Labute approximate surface area is 44.4 Å². The summed E-state index contributed by atoms with van der Waals surface area (Å²) in [5, 5.41) is 0. The van der Waals surface area contributed by atoms with Gasteiger partial charge in [0.2, 0.25) is 0 Å². The first-order valence-corrected chi connectivity index (χ1v) is 1.54. The summed E-state index contributed by atoms with van der Waals surface area (Å²) in [6.07, 6.45) is 0. The van der Waals surface area contributed by atoms with Crippen LogP contribution in [0.3, 0.4) is 0 Å². The highest BCUT2D eigenvalue weighted by Crippen LogP contribution is 1.81. The van der Waals surface area contributed by atoms with E-state index in [1.54, 1.807) is 0 Å². The van der Waals surface area contributed by atoms with E-state index in [2.05, 4.69) is 19.3 Å². The number of hydrogen-bond donors (Lipinski definition) is 0. The third kappa shape index (κ3) is 2.09. The van der Waals surface area contributed by atoms with E-state index in [-0.39, 0.29) is 5.47 Å². The molecule has 0 saturated carbocycles. The van der Waals surface area contributed by atoms with Gasteiger partial charge in [-0.05, 0) is 5.47 Å². The summed E-state index contributed by atoms with van der Waals surface area (Å²) in [6, 6.07) is 0. The first-order chi connectivity index (χ1) is 3.18. The number of carbonyl (C=O) groups excluding carboxylic acids is 1. The molecule has 0 bridgehead atoms. The predicted octanol–water partition coefficient (Wildman–Crippen LogP) is -0.705. The van der Waals surface area contributed by atoms with Crippen molar-refractivity contribution >= 4 is 21.9 Å². The molecule has 0 aliphatic rings. The van der Waals surface area contributed by atoms with Gasteiger partial charge in [0.1, 0.15) is 7.85 Å². The summed E-state index contributed by atoms with van der Waals surface area (Å²) in [5.74, 6) is -0.792. The van der Waals surface area contributed by atoms with Crippen LogP contribution in [0.2, 0.25) is 0 Å². The maximum absolute atomic E-state index is 9.94. The van der Waals surface area contributed by atoms with E-state index in [9.17, 15) is 4.79 Å². The van der Waals surface area contributed by atoms with Crippen molar-refractivity contribution in [2.45, 2.75) is 0 Å². The fourth-order valence-corrected chi connectivity index (χ4v) is 0.0757. The van der Waals surface area contributed by atoms with E-state index in [4.69, 9.17) is 7.85 Å². The quantitative estimate of drug-likeness (QED) is 0.315. The summed E-state index contributed by atoms with van der Waals surface area (Å²) in [5.41, 5.74) is -0.192. The standard InChI is InChI=1S/C3H2B2O2/c1-2(4)3(6)7-5/h1H2. The van der Waals surface area contributed by atoms with Gasteiger partial charge in [0.05, 0.1) is 0 Å². The lowest BCUT2D eigenvalue weighted by Gasteiger charge is -1.92. The van der Waals surface area contributed by atoms with Gasteiger partial charge in [-0.3, -0.25) is 0 Å². The van der Waals surface area contributed by atoms with Crippen LogP contribution in [0.1, 0.15) is 0 Å². The fourth-order valence-electron chi connectivity index (χ4n) is 0.0757. The molecule has 0 atom stereocenters. The average Bonchev–Trinajstić information content (AvgIpc) is 1.65. The van der Waals surface area contributed by atoms with E-state index >= 15 is 0 Å². The Morgan fingerprint density at radius 3 is 2.14 bits per heavy atom. The molecule has 32 valence electrons. The van der Waals surface area contributed by atoms with Gasteiger partial charge in [-0.15, -0.1) is 0 Å². The van der Waals surface area contributed by atoms with Gasteiger partial charge >= 0.3 is 14.0 Å². The predicted molar refractivity (Wildman–Crippen MR) is 26.7 cm³/mol. The molecule has 0 aromatic carbocycles. The second-order valence-corrected chi connectivity index (χ2v) is 0.931. The molecule has 7 heavy (non-hydrogen) atoms. The van der Waals surface area contributed by atoms with Crippen molar-refractivity contribution in [3.8, 4) is 0 Å². The lowest BCUT2D eigenvalue weighted by atomic mass is 9.98. The summed E-state index contributed by atoms with van der Waals surface area (Å²) < 4.78 is 3.65. The van der Waals surface area contributed by atoms with Gasteiger partial charge in [-0.1, -0.05) is 6.58 Å². The van der Waals surface area contributed by atoms with E-state index in [0.29, 0.717) is 0 Å². The minimum Gasteiger partial charge on any atom is -0.541 e. The second-order valence-electron chi connectivity index (χ2n) is 0.931. The average molecular weight is 91.7 g/mol. The Bertz CT molecular complexity index is 99.1. The Balaban J connectivity index is 3.58. The highest BCUT2D eigenvalue weighted by Gasteiger charge is 1.94. The zero-order valence-corrected chi connectivity index (χ0v) is 3.68. The van der Waals surface area contributed by atoms with Crippen LogP contribution in [0.4, 0.5) is 0 Å². The van der Waals surface area contributed by atoms with Gasteiger partial charge in [-0.25, -0.2) is 4.79 Å². The maximum Gasteiger partial charge on any atom is 0.378 e. The largest absolute Gasteiger partial charge is 0.541 e. The second kappa shape index (κ2) is 2.50. The molecule has 4 heteroatoms. The van der Waals surface area contributed by atoms with Gasteiger partial charge in [0.15, 0.2) is 0 Å². The monoisotopic (exact) mass is 92.0 g/mol. The Hall–Kier alpha value is -0.660. The number of carbonyl (C=O) groups is 1. The molecule has 0 N–H and O–H groups in total. The molecule has 0 heterocycles. The first-order valence-electron chi connectivity index (χ1n) is 1.54. The lowest BCUT2D eigenvalue weighted by molar-refractivity contribution is -0.129. The van der Waals surface area contributed by atoms with Crippen molar-refractivity contribution in [1.29, 1.82) is 0 Å². The molecule has 0 aliphatic carbocycles. The van der Waals surface area contributed by atoms with Crippen molar-refractivity contribution in [1.82, 2.24) is 0 Å². The minimum atomic E-state index is -0.792. The van der Waals surface area contributed by atoms with E-state index < -0.39 is 5.97 Å². The molecule has 0 fully saturated rings. The summed E-state index contributed by atoms with van der Waals surface area (Å²) in [4.78, 5) is 9.94. The van der Waals surface area contributed by atoms with Gasteiger partial charge in [0.25, 0.3) is 0 Å². The van der Waals surface area contributed by atoms with E-state index in [1.807, 2.05) is 0 Å². The Morgan fingerprint density at radius 1 is 1.71 bits per heavy atom. The molecular weight excluding hydrogens is 89.7 g/mol. The van der Waals surface area contributed by atoms with Crippen LogP contribution in [-0.2, 0) is 9.45 Å². The van der Waals surface area contributed by atoms with Crippen LogP contribution in [-0.4, -0.2) is 21.9 Å². The first kappa shape index (κ1) is 6.34. The van der Waals surface area contributed by atoms with Crippen LogP contribution >= 0.6 is 0 Å². The van der Waals surface area contributed by atoms with Crippen molar-refractivity contribution < 1.29 is 9.45 Å². The Kier molecular flexibility index (Phi) is 2.27. The maximum atomic E-state index is 9.94. The van der Waals surface area contributed by atoms with Crippen molar-refractivity contribution in [2.75, 3.05) is 0 Å². The van der Waals surface area contributed by atoms with Crippen molar-refractivity contribution in [3.63, 3.8) is 0 Å². The lowest BCUT2D eigenvalue weighted by Crippen LogP contribution is -2.03. The van der Waals surface area contributed by atoms with Gasteiger partial charge in [-0.2, -0.15) is 0 Å². The molecule has 0 amide bonds. The summed E-state index contributed by atoms with van der Waals surface area (Å²) in [6.45, 7) is 3.05. The molecule has 2 nitrogen and oxygen atoms in total. The Morgan fingerprint density at radius 2 is 2.14 bits per heavy atom. The molecular formula is C3H2B2O2. The highest BCUT2D eigenvalue weighted by molar-refractivity contribution is 6.36. The normalized spacial score (nSPS) is 7.43. The molecule has 0 unspecified atom stereocenters. The molecule has 4 radical (unpaired) electrons.